The Bertz CT molecular complexity index is 700. The fourth-order valence-electron chi connectivity index (χ4n) is 1.30. The monoisotopic (exact) mass is 281 g/mol. The van der Waals surface area contributed by atoms with E-state index < -0.39 is 10.0 Å². The van der Waals surface area contributed by atoms with Crippen molar-refractivity contribution >= 4 is 27.3 Å². The van der Waals surface area contributed by atoms with E-state index in [2.05, 4.69) is 15.3 Å². The largest absolute Gasteiger partial charge is 0.492 e. The van der Waals surface area contributed by atoms with Crippen LogP contribution in [0.25, 0.3) is 0 Å². The van der Waals surface area contributed by atoms with Gasteiger partial charge in [-0.15, -0.1) is 0 Å². The molecule has 0 amide bonds. The lowest BCUT2D eigenvalue weighted by Gasteiger charge is -2.06. The van der Waals surface area contributed by atoms with E-state index in [4.69, 9.17) is 10.9 Å². The number of nitrogens with two attached hydrogens (primary N) is 2. The van der Waals surface area contributed by atoms with Crippen molar-refractivity contribution < 1.29 is 13.5 Å². The normalized spacial score (nSPS) is 11.2. The molecule has 0 fully saturated rings. The number of hydrogen-bond donors (Lipinski definition) is 4. The van der Waals surface area contributed by atoms with E-state index in [0.29, 0.717) is 5.69 Å². The van der Waals surface area contributed by atoms with Gasteiger partial charge in [0.1, 0.15) is 5.69 Å². The zero-order chi connectivity index (χ0) is 14.0. The van der Waals surface area contributed by atoms with Gasteiger partial charge >= 0.3 is 0 Å². The summed E-state index contributed by atoms with van der Waals surface area (Å²) in [5.74, 6) is -0.200. The number of nitrogens with one attached hydrogen (secondary N) is 1. The molecular formula is C10H11N5O3S. The van der Waals surface area contributed by atoms with Crippen molar-refractivity contribution in [1.29, 1.82) is 0 Å². The van der Waals surface area contributed by atoms with E-state index in [1.807, 2.05) is 0 Å². The van der Waals surface area contributed by atoms with Gasteiger partial charge in [0.25, 0.3) is 0 Å². The van der Waals surface area contributed by atoms with Crippen LogP contribution in [0.1, 0.15) is 0 Å². The minimum Gasteiger partial charge on any atom is -0.492 e. The number of nitrogens with zero attached hydrogens (tertiary/aromatic N) is 2. The third-order valence-corrected chi connectivity index (χ3v) is 3.16. The summed E-state index contributed by atoms with van der Waals surface area (Å²) in [6.45, 7) is 0. The van der Waals surface area contributed by atoms with Crippen LogP contribution in [0.3, 0.4) is 0 Å². The number of hydrogen-bond acceptors (Lipinski definition) is 7. The fraction of sp³-hybridized carbons (Fsp3) is 0. The van der Waals surface area contributed by atoms with Crippen molar-refractivity contribution in [3.8, 4) is 5.88 Å². The molecule has 0 aliphatic carbocycles. The molecule has 1 heterocycles. The van der Waals surface area contributed by atoms with Gasteiger partial charge in [-0.25, -0.2) is 18.5 Å². The van der Waals surface area contributed by atoms with E-state index in [-0.39, 0.29) is 22.4 Å². The van der Waals surface area contributed by atoms with Gasteiger partial charge in [-0.05, 0) is 24.3 Å². The Morgan fingerprint density at radius 1 is 1.21 bits per heavy atom. The summed E-state index contributed by atoms with van der Waals surface area (Å²) >= 11 is 0. The molecule has 19 heavy (non-hydrogen) atoms. The number of aromatic nitrogens is 2. The molecule has 0 aliphatic rings. The molecule has 0 bridgehead atoms. The Morgan fingerprint density at radius 2 is 1.84 bits per heavy atom. The summed E-state index contributed by atoms with van der Waals surface area (Å²) in [4.78, 5) is 7.56. The first-order chi connectivity index (χ1) is 8.86. The van der Waals surface area contributed by atoms with Crippen molar-refractivity contribution in [3.05, 3.63) is 30.5 Å². The highest BCUT2D eigenvalue weighted by Crippen LogP contribution is 2.20. The average Bonchev–Trinajstić information content (AvgIpc) is 2.33. The van der Waals surface area contributed by atoms with E-state index in [1.54, 1.807) is 0 Å². The lowest BCUT2D eigenvalue weighted by molar-refractivity contribution is 0.456. The predicted molar refractivity (Wildman–Crippen MR) is 69.2 cm³/mol. The SMILES string of the molecule is Nc1cnc(Nc2ccc(S(N)(=O)=O)cc2)nc1O. The van der Waals surface area contributed by atoms with Crippen molar-refractivity contribution in [1.82, 2.24) is 9.97 Å². The van der Waals surface area contributed by atoms with Crippen LogP contribution >= 0.6 is 0 Å². The summed E-state index contributed by atoms with van der Waals surface area (Å²) in [7, 11) is -3.72. The maximum absolute atomic E-state index is 11.1. The van der Waals surface area contributed by atoms with Crippen molar-refractivity contribution in [2.24, 2.45) is 5.14 Å². The van der Waals surface area contributed by atoms with E-state index in [9.17, 15) is 13.5 Å². The van der Waals surface area contributed by atoms with E-state index in [0.717, 1.165) is 0 Å². The molecule has 8 nitrogen and oxygen atoms in total. The highest BCUT2D eigenvalue weighted by Gasteiger charge is 2.07. The van der Waals surface area contributed by atoms with Crippen LogP contribution in [-0.2, 0) is 10.0 Å². The highest BCUT2D eigenvalue weighted by molar-refractivity contribution is 7.89. The second-order valence-corrected chi connectivity index (χ2v) is 5.23. The molecule has 0 unspecified atom stereocenters. The Balaban J connectivity index is 2.22. The van der Waals surface area contributed by atoms with Gasteiger partial charge in [0, 0.05) is 5.69 Å². The van der Waals surface area contributed by atoms with Gasteiger partial charge in [-0.2, -0.15) is 4.98 Å². The smallest absolute Gasteiger partial charge is 0.239 e. The van der Waals surface area contributed by atoms with Gasteiger partial charge in [0.05, 0.1) is 11.1 Å². The highest BCUT2D eigenvalue weighted by atomic mass is 32.2. The summed E-state index contributed by atoms with van der Waals surface area (Å²) in [6.07, 6.45) is 1.25. The van der Waals surface area contributed by atoms with Gasteiger partial charge < -0.3 is 16.2 Å². The topological polar surface area (TPSA) is 144 Å². The molecule has 0 saturated heterocycles. The third-order valence-electron chi connectivity index (χ3n) is 2.23. The zero-order valence-corrected chi connectivity index (χ0v) is 10.4. The van der Waals surface area contributed by atoms with Crippen LogP contribution in [0.2, 0.25) is 0 Å². The molecular weight excluding hydrogens is 270 g/mol. The second-order valence-electron chi connectivity index (χ2n) is 3.67. The van der Waals surface area contributed by atoms with Gasteiger partial charge in [0.15, 0.2) is 0 Å². The molecule has 100 valence electrons. The van der Waals surface area contributed by atoms with Crippen LogP contribution in [-0.4, -0.2) is 23.5 Å². The second kappa shape index (κ2) is 4.71. The number of benzene rings is 1. The molecule has 0 spiro atoms. The van der Waals surface area contributed by atoms with Crippen molar-refractivity contribution in [2.45, 2.75) is 4.90 Å². The van der Waals surface area contributed by atoms with Crippen molar-refractivity contribution in [2.75, 3.05) is 11.1 Å². The predicted octanol–water partition coefficient (Wildman–Crippen LogP) is 0.155. The Morgan fingerprint density at radius 3 is 2.37 bits per heavy atom. The van der Waals surface area contributed by atoms with Gasteiger partial charge in [0.2, 0.25) is 21.9 Å². The number of primary sulfonamides is 1. The molecule has 0 aliphatic heterocycles. The molecule has 2 rings (SSSR count). The molecule has 6 N–H and O–H groups in total. The van der Waals surface area contributed by atoms with Crippen LogP contribution < -0.4 is 16.2 Å². The minimum atomic E-state index is -3.72. The lowest BCUT2D eigenvalue weighted by atomic mass is 10.3. The number of aromatic hydroxyl groups is 1. The lowest BCUT2D eigenvalue weighted by Crippen LogP contribution is -2.11. The summed E-state index contributed by atoms with van der Waals surface area (Å²) in [5.41, 5.74) is 5.97. The summed E-state index contributed by atoms with van der Waals surface area (Å²) < 4.78 is 22.1. The fourth-order valence-corrected chi connectivity index (χ4v) is 1.81. The van der Waals surface area contributed by atoms with Gasteiger partial charge in [-0.1, -0.05) is 0 Å². The molecule has 0 atom stereocenters. The minimum absolute atomic E-state index is 0.000813. The number of rotatable bonds is 3. The van der Waals surface area contributed by atoms with Crippen LogP contribution in [0, 0.1) is 0 Å². The number of nitrogen functional groups attached to an aromatic ring is 1. The summed E-state index contributed by atoms with van der Waals surface area (Å²) in [5, 5.41) is 17.1. The molecule has 0 saturated carbocycles. The van der Waals surface area contributed by atoms with E-state index in [1.165, 1.54) is 30.5 Å². The maximum atomic E-state index is 11.1. The standard InChI is InChI=1S/C10H11N5O3S/c11-8-5-13-10(15-9(8)16)14-6-1-3-7(4-2-6)19(12,17)18/h1-5H,11H2,(H2,12,17,18)(H2,13,14,15,16). The Hall–Kier alpha value is -2.39. The van der Waals surface area contributed by atoms with Crippen LogP contribution in [0.5, 0.6) is 5.88 Å². The first-order valence-corrected chi connectivity index (χ1v) is 6.62. The third kappa shape index (κ3) is 3.09. The molecule has 2 aromatic rings. The maximum Gasteiger partial charge on any atom is 0.239 e. The zero-order valence-electron chi connectivity index (χ0n) is 9.61. The first-order valence-electron chi connectivity index (χ1n) is 5.07. The van der Waals surface area contributed by atoms with E-state index >= 15 is 0 Å². The van der Waals surface area contributed by atoms with Crippen LogP contribution in [0.4, 0.5) is 17.3 Å². The van der Waals surface area contributed by atoms with Gasteiger partial charge in [-0.3, -0.25) is 0 Å². The molecule has 1 aromatic heterocycles. The van der Waals surface area contributed by atoms with Crippen LogP contribution in [0.15, 0.2) is 35.4 Å². The molecule has 9 heteroatoms. The Kier molecular flexibility index (Phi) is 3.23. The molecule has 0 radical (unpaired) electrons. The number of anilines is 3. The Labute approximate surface area is 109 Å². The quantitative estimate of drug-likeness (QED) is 0.626. The number of sulfonamides is 1. The molecule has 1 aromatic carbocycles. The average molecular weight is 281 g/mol. The van der Waals surface area contributed by atoms with Crippen molar-refractivity contribution in [3.63, 3.8) is 0 Å². The summed E-state index contributed by atoms with van der Waals surface area (Å²) in [6, 6.07) is 5.68. The first kappa shape index (κ1) is 13.1.